The average Bonchev–Trinajstić information content (AvgIpc) is 2.72. The van der Waals surface area contributed by atoms with Gasteiger partial charge in [-0.05, 0) is 32.9 Å². The fourth-order valence-electron chi connectivity index (χ4n) is 1.72. The van der Waals surface area contributed by atoms with Crippen LogP contribution in [0.4, 0.5) is 0 Å². The molecule has 96 valence electrons. The molecule has 4 heteroatoms. The molecule has 1 aromatic heterocycles. The molecule has 3 nitrogen and oxygen atoms in total. The summed E-state index contributed by atoms with van der Waals surface area (Å²) in [6.07, 6.45) is 0.589. The first-order valence-electron chi connectivity index (χ1n) is 6.21. The zero-order valence-electron chi connectivity index (χ0n) is 11.0. The van der Waals surface area contributed by atoms with Crippen molar-refractivity contribution in [1.29, 1.82) is 0 Å². The Morgan fingerprint density at radius 3 is 2.59 bits per heavy atom. The molecule has 17 heavy (non-hydrogen) atoms. The van der Waals surface area contributed by atoms with Gasteiger partial charge >= 0.3 is 0 Å². The van der Waals surface area contributed by atoms with Gasteiger partial charge in [-0.1, -0.05) is 0 Å². The molecule has 0 aromatic carbocycles. The summed E-state index contributed by atoms with van der Waals surface area (Å²) in [5, 5.41) is 3.31. The molecule has 0 radical (unpaired) electrons. The quantitative estimate of drug-likeness (QED) is 0.758. The van der Waals surface area contributed by atoms with Gasteiger partial charge in [0.2, 0.25) is 5.91 Å². The molecule has 0 aliphatic rings. The van der Waals surface area contributed by atoms with E-state index in [1.54, 1.807) is 11.3 Å². The molecule has 1 heterocycles. The van der Waals surface area contributed by atoms with E-state index in [1.807, 2.05) is 18.7 Å². The molecule has 0 aliphatic carbocycles. The van der Waals surface area contributed by atoms with Gasteiger partial charge in [-0.3, -0.25) is 4.79 Å². The molecule has 1 amide bonds. The van der Waals surface area contributed by atoms with E-state index in [-0.39, 0.29) is 5.91 Å². The number of rotatable bonds is 7. The van der Waals surface area contributed by atoms with Gasteiger partial charge in [0, 0.05) is 42.4 Å². The summed E-state index contributed by atoms with van der Waals surface area (Å²) in [6, 6.07) is 4.27. The van der Waals surface area contributed by atoms with E-state index in [1.165, 1.54) is 9.75 Å². The molecule has 1 aromatic rings. The summed E-state index contributed by atoms with van der Waals surface area (Å²) in [7, 11) is 0. The van der Waals surface area contributed by atoms with Crippen molar-refractivity contribution < 1.29 is 4.79 Å². The van der Waals surface area contributed by atoms with E-state index >= 15 is 0 Å². The Morgan fingerprint density at radius 2 is 2.06 bits per heavy atom. The summed E-state index contributed by atoms with van der Waals surface area (Å²) in [6.45, 7) is 9.37. The number of amides is 1. The van der Waals surface area contributed by atoms with Crippen LogP contribution in [0, 0.1) is 6.92 Å². The van der Waals surface area contributed by atoms with Crippen LogP contribution in [0.25, 0.3) is 0 Å². The van der Waals surface area contributed by atoms with E-state index in [2.05, 4.69) is 24.4 Å². The first kappa shape index (κ1) is 14.2. The van der Waals surface area contributed by atoms with Gasteiger partial charge in [-0.2, -0.15) is 0 Å². The summed E-state index contributed by atoms with van der Waals surface area (Å²) < 4.78 is 0. The zero-order valence-corrected chi connectivity index (χ0v) is 11.8. The SMILES string of the molecule is CCN(CC)C(=O)CCNCc1ccc(C)s1. The van der Waals surface area contributed by atoms with Gasteiger partial charge in [0.15, 0.2) is 0 Å². The number of nitrogens with zero attached hydrogens (tertiary/aromatic N) is 1. The minimum absolute atomic E-state index is 0.241. The number of carbonyl (C=O) groups excluding carboxylic acids is 1. The van der Waals surface area contributed by atoms with Gasteiger partial charge in [-0.15, -0.1) is 11.3 Å². The third kappa shape index (κ3) is 4.88. The van der Waals surface area contributed by atoms with Crippen LogP contribution >= 0.6 is 11.3 Å². The highest BCUT2D eigenvalue weighted by atomic mass is 32.1. The number of hydrogen-bond donors (Lipinski definition) is 1. The van der Waals surface area contributed by atoms with Gasteiger partial charge in [-0.25, -0.2) is 0 Å². The predicted molar refractivity (Wildman–Crippen MR) is 73.3 cm³/mol. The highest BCUT2D eigenvalue weighted by molar-refractivity contribution is 7.11. The number of carbonyl (C=O) groups is 1. The lowest BCUT2D eigenvalue weighted by Gasteiger charge is -2.18. The lowest BCUT2D eigenvalue weighted by molar-refractivity contribution is -0.130. The fraction of sp³-hybridized carbons (Fsp3) is 0.615. The van der Waals surface area contributed by atoms with E-state index in [0.29, 0.717) is 6.42 Å². The first-order valence-corrected chi connectivity index (χ1v) is 7.02. The van der Waals surface area contributed by atoms with Gasteiger partial charge < -0.3 is 10.2 Å². The normalized spacial score (nSPS) is 10.5. The smallest absolute Gasteiger partial charge is 0.223 e. The molecule has 0 fully saturated rings. The lowest BCUT2D eigenvalue weighted by atomic mass is 10.3. The molecule has 0 unspecified atom stereocenters. The van der Waals surface area contributed by atoms with Crippen LogP contribution in [0.2, 0.25) is 0 Å². The van der Waals surface area contributed by atoms with Crippen molar-refractivity contribution >= 4 is 17.2 Å². The first-order chi connectivity index (χ1) is 8.17. The monoisotopic (exact) mass is 254 g/mol. The average molecular weight is 254 g/mol. The van der Waals surface area contributed by atoms with Crippen molar-refractivity contribution in [3.05, 3.63) is 21.9 Å². The maximum atomic E-state index is 11.7. The second-order valence-electron chi connectivity index (χ2n) is 4.01. The predicted octanol–water partition coefficient (Wildman–Crippen LogP) is 2.40. The Hall–Kier alpha value is -0.870. The molecule has 0 aliphatic heterocycles. The molecular weight excluding hydrogens is 232 g/mol. The summed E-state index contributed by atoms with van der Waals surface area (Å²) in [5.41, 5.74) is 0. The van der Waals surface area contributed by atoms with Crippen molar-refractivity contribution in [2.45, 2.75) is 33.7 Å². The van der Waals surface area contributed by atoms with Crippen molar-refractivity contribution in [3.63, 3.8) is 0 Å². The molecule has 0 atom stereocenters. The second kappa shape index (κ2) is 7.45. The van der Waals surface area contributed by atoms with Crippen molar-refractivity contribution in [3.8, 4) is 0 Å². The minimum Gasteiger partial charge on any atom is -0.343 e. The van der Waals surface area contributed by atoms with Gasteiger partial charge in [0.25, 0.3) is 0 Å². The van der Waals surface area contributed by atoms with E-state index in [4.69, 9.17) is 0 Å². The van der Waals surface area contributed by atoms with Crippen molar-refractivity contribution in [2.24, 2.45) is 0 Å². The van der Waals surface area contributed by atoms with Crippen LogP contribution in [0.1, 0.15) is 30.0 Å². The summed E-state index contributed by atoms with van der Waals surface area (Å²) in [4.78, 5) is 16.2. The molecular formula is C13H22N2OS. The van der Waals surface area contributed by atoms with E-state index < -0.39 is 0 Å². The van der Waals surface area contributed by atoms with Crippen molar-refractivity contribution in [2.75, 3.05) is 19.6 Å². The minimum atomic E-state index is 0.241. The number of thiophene rings is 1. The number of hydrogen-bond acceptors (Lipinski definition) is 3. The van der Waals surface area contributed by atoms with Crippen LogP contribution in [0.3, 0.4) is 0 Å². The van der Waals surface area contributed by atoms with Crippen LogP contribution < -0.4 is 5.32 Å². The standard InChI is InChI=1S/C13H22N2OS/c1-4-15(5-2)13(16)8-9-14-10-12-7-6-11(3)17-12/h6-7,14H,4-5,8-10H2,1-3H3. The zero-order chi connectivity index (χ0) is 12.7. The Labute approximate surface area is 108 Å². The maximum Gasteiger partial charge on any atom is 0.223 e. The van der Waals surface area contributed by atoms with Crippen LogP contribution in [0.15, 0.2) is 12.1 Å². The van der Waals surface area contributed by atoms with Crippen LogP contribution in [0.5, 0.6) is 0 Å². The molecule has 0 spiro atoms. The van der Waals surface area contributed by atoms with E-state index in [0.717, 1.165) is 26.2 Å². The summed E-state index contributed by atoms with van der Waals surface area (Å²) in [5.74, 6) is 0.241. The lowest BCUT2D eigenvalue weighted by Crippen LogP contribution is -2.32. The van der Waals surface area contributed by atoms with Crippen molar-refractivity contribution in [1.82, 2.24) is 10.2 Å². The number of aryl methyl sites for hydroxylation is 1. The van der Waals surface area contributed by atoms with Crippen LogP contribution in [-0.2, 0) is 11.3 Å². The van der Waals surface area contributed by atoms with Gasteiger partial charge in [0.05, 0.1) is 0 Å². The molecule has 1 rings (SSSR count). The Kier molecular flexibility index (Phi) is 6.22. The fourth-order valence-corrected chi connectivity index (χ4v) is 2.58. The second-order valence-corrected chi connectivity index (χ2v) is 5.38. The molecule has 0 saturated carbocycles. The third-order valence-electron chi connectivity index (χ3n) is 2.73. The third-order valence-corrected chi connectivity index (χ3v) is 3.73. The number of nitrogens with one attached hydrogen (secondary N) is 1. The van der Waals surface area contributed by atoms with E-state index in [9.17, 15) is 4.79 Å². The molecule has 0 saturated heterocycles. The Morgan fingerprint density at radius 1 is 1.35 bits per heavy atom. The highest BCUT2D eigenvalue weighted by Crippen LogP contribution is 2.14. The highest BCUT2D eigenvalue weighted by Gasteiger charge is 2.08. The molecule has 1 N–H and O–H groups in total. The maximum absolute atomic E-state index is 11.7. The van der Waals surface area contributed by atoms with Gasteiger partial charge in [0.1, 0.15) is 0 Å². The Balaban J connectivity index is 2.17. The summed E-state index contributed by atoms with van der Waals surface area (Å²) >= 11 is 1.80. The Bertz CT molecular complexity index is 345. The topological polar surface area (TPSA) is 32.3 Å². The largest absolute Gasteiger partial charge is 0.343 e. The van der Waals surface area contributed by atoms with Crippen LogP contribution in [-0.4, -0.2) is 30.4 Å². The molecule has 0 bridgehead atoms.